The fourth-order valence-corrected chi connectivity index (χ4v) is 4.93. The minimum atomic E-state index is -0.779. The van der Waals surface area contributed by atoms with Gasteiger partial charge in [-0.25, -0.2) is 0 Å². The highest BCUT2D eigenvalue weighted by Gasteiger charge is 2.45. The van der Waals surface area contributed by atoms with E-state index in [2.05, 4.69) is 0 Å². The number of Topliss-reactive ketones (excluding diaryl/α,β-unsaturated/α-hetero) is 1. The Hall–Kier alpha value is -3.32. The number of ether oxygens (including phenoxy) is 1. The summed E-state index contributed by atoms with van der Waals surface area (Å²) in [6.45, 7) is 5.30. The first kappa shape index (κ1) is 23.8. The Bertz CT molecular complexity index is 1200. The van der Waals surface area contributed by atoms with Crippen LogP contribution in [0.5, 0.6) is 0 Å². The van der Waals surface area contributed by atoms with Gasteiger partial charge in [0.2, 0.25) is 0 Å². The highest BCUT2D eigenvalue weighted by Crippen LogP contribution is 2.47. The maximum absolute atomic E-state index is 13.5. The third-order valence-electron chi connectivity index (χ3n) is 6.30. The molecule has 1 aliphatic heterocycles. The predicted molar refractivity (Wildman–Crippen MR) is 129 cm³/mol. The number of benzene rings is 2. The molecule has 2 aromatic carbocycles. The van der Waals surface area contributed by atoms with Crippen LogP contribution in [0, 0.1) is 16.0 Å². The van der Waals surface area contributed by atoms with Gasteiger partial charge >= 0.3 is 5.97 Å². The molecule has 0 saturated heterocycles. The Kier molecular flexibility index (Phi) is 6.66. The number of aliphatic imine (C=N–C) groups is 1. The van der Waals surface area contributed by atoms with Gasteiger partial charge in [-0.05, 0) is 56.4 Å². The van der Waals surface area contributed by atoms with Crippen LogP contribution in [0.4, 0.5) is 5.69 Å². The van der Waals surface area contributed by atoms with Crippen LogP contribution >= 0.6 is 11.6 Å². The van der Waals surface area contributed by atoms with Gasteiger partial charge in [0.05, 0.1) is 11.0 Å². The second kappa shape index (κ2) is 9.50. The number of halogens is 1. The minimum Gasteiger partial charge on any atom is -0.462 e. The van der Waals surface area contributed by atoms with Crippen molar-refractivity contribution in [3.63, 3.8) is 0 Å². The summed E-state index contributed by atoms with van der Waals surface area (Å²) in [6, 6.07) is 13.5. The van der Waals surface area contributed by atoms with Crippen LogP contribution in [0.3, 0.4) is 0 Å². The number of hydrogen-bond donors (Lipinski definition) is 0. The van der Waals surface area contributed by atoms with Gasteiger partial charge in [-0.3, -0.25) is 24.7 Å². The lowest BCUT2D eigenvalue weighted by Gasteiger charge is -2.36. The van der Waals surface area contributed by atoms with Crippen molar-refractivity contribution in [3.05, 3.63) is 86.1 Å². The van der Waals surface area contributed by atoms with Crippen molar-refractivity contribution >= 4 is 34.8 Å². The number of carbonyl (C=O) groups excluding carboxylic acids is 2. The van der Waals surface area contributed by atoms with E-state index in [-0.39, 0.29) is 29.9 Å². The van der Waals surface area contributed by atoms with E-state index in [4.69, 9.17) is 21.3 Å². The van der Waals surface area contributed by atoms with Gasteiger partial charge in [-0.2, -0.15) is 0 Å². The summed E-state index contributed by atoms with van der Waals surface area (Å²) in [5, 5.41) is 11.8. The number of nitrogens with zero attached hydrogens (tertiary/aromatic N) is 2. The van der Waals surface area contributed by atoms with Crippen LogP contribution in [-0.4, -0.2) is 28.5 Å². The van der Waals surface area contributed by atoms with Crippen molar-refractivity contribution < 1.29 is 19.2 Å². The van der Waals surface area contributed by atoms with Gasteiger partial charge in [0.1, 0.15) is 5.92 Å². The van der Waals surface area contributed by atoms with E-state index in [1.54, 1.807) is 45.0 Å². The van der Waals surface area contributed by atoms with Gasteiger partial charge in [-0.1, -0.05) is 35.9 Å². The molecule has 2 aliphatic rings. The van der Waals surface area contributed by atoms with Gasteiger partial charge in [0, 0.05) is 46.5 Å². The molecule has 1 aliphatic carbocycles. The second-order valence-corrected chi connectivity index (χ2v) is 9.42. The highest BCUT2D eigenvalue weighted by molar-refractivity contribution is 6.30. The van der Waals surface area contributed by atoms with Crippen LogP contribution in [0.15, 0.2) is 64.8 Å². The summed E-state index contributed by atoms with van der Waals surface area (Å²) in [6.07, 6.45) is 0.504. The fourth-order valence-electron chi connectivity index (χ4n) is 4.80. The first-order chi connectivity index (χ1) is 16.2. The molecule has 34 heavy (non-hydrogen) atoms. The number of allylic oxidation sites excluding steroid dienone is 2. The molecule has 176 valence electrons. The van der Waals surface area contributed by atoms with Crippen molar-refractivity contribution in [2.75, 3.05) is 0 Å². The van der Waals surface area contributed by atoms with E-state index in [9.17, 15) is 19.7 Å². The predicted octanol–water partition coefficient (Wildman–Crippen LogP) is 5.77. The van der Waals surface area contributed by atoms with Crippen molar-refractivity contribution in [2.45, 2.75) is 51.6 Å². The molecule has 0 N–H and O–H groups in total. The summed E-state index contributed by atoms with van der Waals surface area (Å²) >= 11 is 6.02. The Balaban J connectivity index is 1.79. The Morgan fingerprint density at radius 2 is 1.71 bits per heavy atom. The zero-order chi connectivity index (χ0) is 24.6. The molecule has 1 heterocycles. The first-order valence-electron chi connectivity index (χ1n) is 11.2. The SMILES string of the molecule is CC1=NC2=C(C(=O)C[C@H](c3ccc(Cl)cc3)C2)[C@@H](c2ccc([N+](=O)[O-])cc2)C1C(=O)OC(C)C. The number of esters is 1. The Labute approximate surface area is 202 Å². The van der Waals surface area contributed by atoms with Gasteiger partial charge < -0.3 is 4.74 Å². The average Bonchev–Trinajstić information content (AvgIpc) is 2.78. The second-order valence-electron chi connectivity index (χ2n) is 8.98. The number of ketones is 1. The lowest BCUT2D eigenvalue weighted by molar-refractivity contribution is -0.384. The van der Waals surface area contributed by atoms with Gasteiger partial charge in [0.25, 0.3) is 5.69 Å². The van der Waals surface area contributed by atoms with Gasteiger partial charge in [0.15, 0.2) is 5.78 Å². The molecule has 0 amide bonds. The molecule has 0 radical (unpaired) electrons. The average molecular weight is 481 g/mol. The molecule has 7 nitrogen and oxygen atoms in total. The molecular weight excluding hydrogens is 456 g/mol. The van der Waals surface area contributed by atoms with Gasteiger partial charge in [-0.15, -0.1) is 0 Å². The summed E-state index contributed by atoms with van der Waals surface area (Å²) in [4.78, 5) is 42.0. The standard InChI is InChI=1S/C26H25ClN2O5/c1-14(2)34-26(31)23-15(3)28-21-12-18(16-4-8-19(27)9-5-16)13-22(30)25(21)24(23)17-6-10-20(11-7-17)29(32)33/h4-11,14,18,23-24H,12-13H2,1-3H3/t18-,23?,24+/m1/s1. The van der Waals surface area contributed by atoms with E-state index >= 15 is 0 Å². The summed E-state index contributed by atoms with van der Waals surface area (Å²) in [5.41, 5.74) is 3.32. The first-order valence-corrected chi connectivity index (χ1v) is 11.5. The third kappa shape index (κ3) is 4.66. The smallest absolute Gasteiger partial charge is 0.315 e. The third-order valence-corrected chi connectivity index (χ3v) is 6.55. The Morgan fingerprint density at radius 3 is 2.29 bits per heavy atom. The molecule has 0 aromatic heterocycles. The number of rotatable bonds is 5. The summed E-state index contributed by atoms with van der Waals surface area (Å²) in [7, 11) is 0. The molecule has 3 atom stereocenters. The summed E-state index contributed by atoms with van der Waals surface area (Å²) in [5.74, 6) is -1.98. The highest BCUT2D eigenvalue weighted by atomic mass is 35.5. The molecule has 2 aromatic rings. The van der Waals surface area contributed by atoms with Crippen molar-refractivity contribution in [3.8, 4) is 0 Å². The van der Waals surface area contributed by atoms with E-state index in [0.717, 1.165) is 5.56 Å². The molecule has 0 saturated carbocycles. The lowest BCUT2D eigenvalue weighted by Crippen LogP contribution is -2.38. The van der Waals surface area contributed by atoms with Crippen LogP contribution in [0.25, 0.3) is 0 Å². The maximum Gasteiger partial charge on any atom is 0.315 e. The molecule has 8 heteroatoms. The molecule has 0 bridgehead atoms. The molecule has 1 unspecified atom stereocenters. The van der Waals surface area contributed by atoms with Crippen molar-refractivity contribution in [1.82, 2.24) is 0 Å². The minimum absolute atomic E-state index is 0.0447. The van der Waals surface area contributed by atoms with Crippen molar-refractivity contribution in [2.24, 2.45) is 10.9 Å². The molecule has 0 fully saturated rings. The van der Waals surface area contributed by atoms with Crippen LogP contribution in [0.2, 0.25) is 5.02 Å². The van der Waals surface area contributed by atoms with Crippen LogP contribution in [0.1, 0.15) is 56.6 Å². The molecule has 4 rings (SSSR count). The number of nitro benzene ring substituents is 1. The monoisotopic (exact) mass is 480 g/mol. The molecular formula is C26H25ClN2O5. The maximum atomic E-state index is 13.5. The normalized spacial score (nSPS) is 22.3. The zero-order valence-electron chi connectivity index (χ0n) is 19.2. The number of hydrogen-bond acceptors (Lipinski definition) is 6. The summed E-state index contributed by atoms with van der Waals surface area (Å²) < 4.78 is 5.52. The topological polar surface area (TPSA) is 98.9 Å². The van der Waals surface area contributed by atoms with Crippen LogP contribution < -0.4 is 0 Å². The van der Waals surface area contributed by atoms with Crippen LogP contribution in [-0.2, 0) is 14.3 Å². The number of nitro groups is 1. The fraction of sp³-hybridized carbons (Fsp3) is 0.346. The van der Waals surface area contributed by atoms with Crippen molar-refractivity contribution in [1.29, 1.82) is 0 Å². The van der Waals surface area contributed by atoms with E-state index in [1.807, 2.05) is 12.1 Å². The number of carbonyl (C=O) groups is 2. The zero-order valence-corrected chi connectivity index (χ0v) is 19.9. The molecule has 0 spiro atoms. The quantitative estimate of drug-likeness (QED) is 0.307. The van der Waals surface area contributed by atoms with E-state index < -0.39 is 22.7 Å². The number of non-ortho nitro benzene ring substituents is 1. The Morgan fingerprint density at radius 1 is 1.09 bits per heavy atom. The van der Waals surface area contributed by atoms with E-state index in [0.29, 0.717) is 34.0 Å². The lowest BCUT2D eigenvalue weighted by atomic mass is 9.69. The van der Waals surface area contributed by atoms with E-state index in [1.165, 1.54) is 12.1 Å². The largest absolute Gasteiger partial charge is 0.462 e.